The van der Waals surface area contributed by atoms with Crippen LogP contribution in [0.15, 0.2) is 54.6 Å². The number of rotatable bonds is 6. The second kappa shape index (κ2) is 7.79. The van der Waals surface area contributed by atoms with Gasteiger partial charge in [-0.15, -0.1) is 0 Å². The van der Waals surface area contributed by atoms with Crippen molar-refractivity contribution >= 4 is 11.6 Å². The standard InChI is InChI=1S/C19H21NO3/c21-19(13-15-7-2-1-3-8-15)20-17-10-4-5-11-18(17)23-14-16-9-6-12-22-16/h1-5,7-8,10-11,16H,6,9,12-14H2,(H,20,21)/t16-/m0/s1. The van der Waals surface area contributed by atoms with Crippen LogP contribution in [-0.4, -0.2) is 25.2 Å². The van der Waals surface area contributed by atoms with Crippen molar-refractivity contribution in [2.45, 2.75) is 25.4 Å². The fraction of sp³-hybridized carbons (Fsp3) is 0.316. The summed E-state index contributed by atoms with van der Waals surface area (Å²) in [7, 11) is 0. The third-order valence-corrected chi connectivity index (χ3v) is 3.82. The van der Waals surface area contributed by atoms with Crippen LogP contribution in [0.2, 0.25) is 0 Å². The molecule has 4 nitrogen and oxygen atoms in total. The molecule has 1 fully saturated rings. The van der Waals surface area contributed by atoms with Gasteiger partial charge in [0.05, 0.1) is 18.2 Å². The Kier molecular flexibility index (Phi) is 5.27. The third kappa shape index (κ3) is 4.57. The Hall–Kier alpha value is -2.33. The minimum absolute atomic E-state index is 0.0515. The Balaban J connectivity index is 1.59. The molecule has 0 bridgehead atoms. The summed E-state index contributed by atoms with van der Waals surface area (Å²) in [6.45, 7) is 1.33. The van der Waals surface area contributed by atoms with Crippen molar-refractivity contribution in [2.24, 2.45) is 0 Å². The van der Waals surface area contributed by atoms with E-state index in [1.165, 1.54) is 0 Å². The van der Waals surface area contributed by atoms with Gasteiger partial charge in [-0.1, -0.05) is 42.5 Å². The molecule has 120 valence electrons. The molecule has 2 aromatic carbocycles. The van der Waals surface area contributed by atoms with Crippen molar-refractivity contribution in [3.63, 3.8) is 0 Å². The van der Waals surface area contributed by atoms with Gasteiger partial charge in [0, 0.05) is 6.61 Å². The van der Waals surface area contributed by atoms with Crippen molar-refractivity contribution in [2.75, 3.05) is 18.5 Å². The van der Waals surface area contributed by atoms with Crippen molar-refractivity contribution in [1.82, 2.24) is 0 Å². The number of amides is 1. The molecule has 0 aromatic heterocycles. The van der Waals surface area contributed by atoms with Gasteiger partial charge >= 0.3 is 0 Å². The lowest BCUT2D eigenvalue weighted by Gasteiger charge is -2.15. The SMILES string of the molecule is O=C(Cc1ccccc1)Nc1ccccc1OC[C@@H]1CCCO1. The van der Waals surface area contributed by atoms with Gasteiger partial charge in [-0.2, -0.15) is 0 Å². The monoisotopic (exact) mass is 311 g/mol. The second-order valence-corrected chi connectivity index (χ2v) is 5.65. The molecule has 0 aliphatic carbocycles. The van der Waals surface area contributed by atoms with E-state index in [2.05, 4.69) is 5.32 Å². The Morgan fingerprint density at radius 1 is 1.13 bits per heavy atom. The summed E-state index contributed by atoms with van der Waals surface area (Å²) in [5, 5.41) is 2.93. The summed E-state index contributed by atoms with van der Waals surface area (Å²) in [6, 6.07) is 17.2. The summed E-state index contributed by atoms with van der Waals surface area (Å²) < 4.78 is 11.4. The van der Waals surface area contributed by atoms with Gasteiger partial charge in [-0.3, -0.25) is 4.79 Å². The molecule has 3 rings (SSSR count). The number of ether oxygens (including phenoxy) is 2. The van der Waals surface area contributed by atoms with Gasteiger partial charge in [0.1, 0.15) is 12.4 Å². The topological polar surface area (TPSA) is 47.6 Å². The Bertz CT molecular complexity index is 636. The van der Waals surface area contributed by atoms with E-state index in [1.807, 2.05) is 54.6 Å². The number of carbonyl (C=O) groups is 1. The van der Waals surface area contributed by atoms with Gasteiger partial charge in [0.25, 0.3) is 0 Å². The first-order valence-electron chi connectivity index (χ1n) is 7.98. The fourth-order valence-electron chi connectivity index (χ4n) is 2.63. The highest BCUT2D eigenvalue weighted by Crippen LogP contribution is 2.25. The summed E-state index contributed by atoms with van der Waals surface area (Å²) in [5.74, 6) is 0.633. The number of carbonyl (C=O) groups excluding carboxylic acids is 1. The highest BCUT2D eigenvalue weighted by Gasteiger charge is 2.17. The molecule has 1 N–H and O–H groups in total. The zero-order chi connectivity index (χ0) is 15.9. The van der Waals surface area contributed by atoms with E-state index in [-0.39, 0.29) is 12.0 Å². The van der Waals surface area contributed by atoms with Crippen LogP contribution in [0.25, 0.3) is 0 Å². The van der Waals surface area contributed by atoms with Gasteiger partial charge < -0.3 is 14.8 Å². The molecule has 23 heavy (non-hydrogen) atoms. The number of nitrogens with one attached hydrogen (secondary N) is 1. The maximum atomic E-state index is 12.2. The van der Waals surface area contributed by atoms with Crippen LogP contribution in [0.1, 0.15) is 18.4 Å². The lowest BCUT2D eigenvalue weighted by molar-refractivity contribution is -0.115. The van der Waals surface area contributed by atoms with E-state index in [0.29, 0.717) is 24.5 Å². The van der Waals surface area contributed by atoms with E-state index >= 15 is 0 Å². The van der Waals surface area contributed by atoms with E-state index in [9.17, 15) is 4.79 Å². The predicted molar refractivity (Wildman–Crippen MR) is 89.7 cm³/mol. The molecule has 0 unspecified atom stereocenters. The smallest absolute Gasteiger partial charge is 0.228 e. The number of para-hydroxylation sites is 2. The van der Waals surface area contributed by atoms with Crippen LogP contribution < -0.4 is 10.1 Å². The number of hydrogen-bond donors (Lipinski definition) is 1. The molecule has 0 spiro atoms. The van der Waals surface area contributed by atoms with Gasteiger partial charge in [0.2, 0.25) is 5.91 Å². The average molecular weight is 311 g/mol. The molecular weight excluding hydrogens is 290 g/mol. The maximum absolute atomic E-state index is 12.2. The molecule has 1 saturated heterocycles. The summed E-state index contributed by atoms with van der Waals surface area (Å²) in [6.07, 6.45) is 2.62. The van der Waals surface area contributed by atoms with Crippen LogP contribution in [0.4, 0.5) is 5.69 Å². The first-order chi connectivity index (χ1) is 11.3. The van der Waals surface area contributed by atoms with Crippen LogP contribution in [0, 0.1) is 0 Å². The first kappa shape index (κ1) is 15.6. The second-order valence-electron chi connectivity index (χ2n) is 5.65. The molecule has 1 atom stereocenters. The maximum Gasteiger partial charge on any atom is 0.228 e. The summed E-state index contributed by atoms with van der Waals surface area (Å²) in [4.78, 5) is 12.2. The first-order valence-corrected chi connectivity index (χ1v) is 7.98. The quantitative estimate of drug-likeness (QED) is 0.889. The Morgan fingerprint density at radius 2 is 1.91 bits per heavy atom. The highest BCUT2D eigenvalue weighted by molar-refractivity contribution is 5.93. The zero-order valence-electron chi connectivity index (χ0n) is 13.0. The van der Waals surface area contributed by atoms with Crippen LogP contribution in [0.5, 0.6) is 5.75 Å². The minimum Gasteiger partial charge on any atom is -0.489 e. The molecule has 1 heterocycles. The van der Waals surface area contributed by atoms with Gasteiger partial charge in [-0.25, -0.2) is 0 Å². The molecule has 1 aliphatic heterocycles. The summed E-state index contributed by atoms with van der Waals surface area (Å²) in [5.41, 5.74) is 1.69. The fourth-order valence-corrected chi connectivity index (χ4v) is 2.63. The van der Waals surface area contributed by atoms with Crippen molar-refractivity contribution < 1.29 is 14.3 Å². The number of benzene rings is 2. The molecular formula is C19H21NO3. The van der Waals surface area contributed by atoms with Crippen LogP contribution in [-0.2, 0) is 16.0 Å². The number of anilines is 1. The molecule has 4 heteroatoms. The lowest BCUT2D eigenvalue weighted by atomic mass is 10.1. The average Bonchev–Trinajstić information content (AvgIpc) is 3.08. The van der Waals surface area contributed by atoms with E-state index < -0.39 is 0 Å². The van der Waals surface area contributed by atoms with Crippen LogP contribution in [0.3, 0.4) is 0 Å². The predicted octanol–water partition coefficient (Wildman–Crippen LogP) is 3.43. The largest absolute Gasteiger partial charge is 0.489 e. The molecule has 0 radical (unpaired) electrons. The Morgan fingerprint density at radius 3 is 2.70 bits per heavy atom. The molecule has 1 amide bonds. The normalized spacial score (nSPS) is 17.0. The molecule has 0 saturated carbocycles. The minimum atomic E-state index is -0.0515. The Labute approximate surface area is 136 Å². The molecule has 2 aromatic rings. The van der Waals surface area contributed by atoms with Crippen molar-refractivity contribution in [3.05, 3.63) is 60.2 Å². The highest BCUT2D eigenvalue weighted by atomic mass is 16.5. The van der Waals surface area contributed by atoms with Crippen LogP contribution >= 0.6 is 0 Å². The van der Waals surface area contributed by atoms with Crippen molar-refractivity contribution in [1.29, 1.82) is 0 Å². The molecule has 1 aliphatic rings. The van der Waals surface area contributed by atoms with E-state index in [1.54, 1.807) is 0 Å². The summed E-state index contributed by atoms with van der Waals surface area (Å²) >= 11 is 0. The van der Waals surface area contributed by atoms with Crippen molar-refractivity contribution in [3.8, 4) is 5.75 Å². The third-order valence-electron chi connectivity index (χ3n) is 3.82. The zero-order valence-corrected chi connectivity index (χ0v) is 13.0. The van der Waals surface area contributed by atoms with Gasteiger partial charge in [-0.05, 0) is 30.5 Å². The van der Waals surface area contributed by atoms with Gasteiger partial charge in [0.15, 0.2) is 0 Å². The number of hydrogen-bond acceptors (Lipinski definition) is 3. The lowest BCUT2D eigenvalue weighted by Crippen LogP contribution is -2.18. The van der Waals surface area contributed by atoms with E-state index in [4.69, 9.17) is 9.47 Å². The van der Waals surface area contributed by atoms with E-state index in [0.717, 1.165) is 25.0 Å².